The maximum absolute atomic E-state index is 8.96. The second kappa shape index (κ2) is 6.18. The third kappa shape index (κ3) is 3.83. The smallest absolute Gasteiger partial charge is 0.0681 e. The monoisotopic (exact) mass is 233 g/mol. The lowest BCUT2D eigenvalue weighted by atomic mass is 9.81. The summed E-state index contributed by atoms with van der Waals surface area (Å²) in [5.74, 6) is 0.967. The third-order valence-corrected chi connectivity index (χ3v) is 3.77. The largest absolute Gasteiger partial charge is 0.392 e. The van der Waals surface area contributed by atoms with E-state index in [1.807, 2.05) is 12.1 Å². The van der Waals surface area contributed by atoms with Crippen molar-refractivity contribution in [3.63, 3.8) is 0 Å². The van der Waals surface area contributed by atoms with Crippen molar-refractivity contribution in [2.45, 2.75) is 51.8 Å². The van der Waals surface area contributed by atoms with Crippen molar-refractivity contribution in [1.82, 2.24) is 5.32 Å². The lowest BCUT2D eigenvalue weighted by molar-refractivity contribution is 0.265. The zero-order chi connectivity index (χ0) is 12.1. The molecule has 0 aliphatic heterocycles. The maximum Gasteiger partial charge on any atom is 0.0681 e. The van der Waals surface area contributed by atoms with E-state index in [4.69, 9.17) is 5.11 Å². The molecule has 0 bridgehead atoms. The number of rotatable bonds is 6. The average molecular weight is 233 g/mol. The molecule has 94 valence electrons. The summed E-state index contributed by atoms with van der Waals surface area (Å²) in [6.07, 6.45) is 5.60. The zero-order valence-electron chi connectivity index (χ0n) is 10.7. The van der Waals surface area contributed by atoms with E-state index in [0.717, 1.165) is 18.0 Å². The van der Waals surface area contributed by atoms with Gasteiger partial charge in [-0.25, -0.2) is 0 Å². The summed E-state index contributed by atoms with van der Waals surface area (Å²) in [4.78, 5) is 0. The van der Waals surface area contributed by atoms with Crippen LogP contribution in [0.4, 0.5) is 0 Å². The molecule has 1 atom stereocenters. The highest BCUT2D eigenvalue weighted by atomic mass is 16.3. The Bertz CT molecular complexity index is 329. The minimum Gasteiger partial charge on any atom is -0.392 e. The Hall–Kier alpha value is -0.860. The Balaban J connectivity index is 1.72. The van der Waals surface area contributed by atoms with Gasteiger partial charge < -0.3 is 10.4 Å². The van der Waals surface area contributed by atoms with Gasteiger partial charge in [0.1, 0.15) is 0 Å². The Labute approximate surface area is 104 Å². The standard InChI is InChI=1S/C15H23NO/c1-12(9-13-3-2-4-13)16-10-14-5-7-15(11-17)8-6-14/h5-8,12-13,16-17H,2-4,9-11H2,1H3. The Kier molecular flexibility index (Phi) is 4.57. The van der Waals surface area contributed by atoms with Gasteiger partial charge in [0.25, 0.3) is 0 Å². The molecule has 17 heavy (non-hydrogen) atoms. The summed E-state index contributed by atoms with van der Waals surface area (Å²) < 4.78 is 0. The van der Waals surface area contributed by atoms with Crippen molar-refractivity contribution in [1.29, 1.82) is 0 Å². The number of aliphatic hydroxyl groups is 1. The Morgan fingerprint density at radius 3 is 2.41 bits per heavy atom. The van der Waals surface area contributed by atoms with E-state index in [2.05, 4.69) is 24.4 Å². The van der Waals surface area contributed by atoms with E-state index in [9.17, 15) is 0 Å². The highest BCUT2D eigenvalue weighted by molar-refractivity contribution is 5.21. The molecule has 1 fully saturated rings. The molecule has 0 amide bonds. The van der Waals surface area contributed by atoms with Crippen LogP contribution < -0.4 is 5.32 Å². The molecule has 1 unspecified atom stereocenters. The molecule has 2 nitrogen and oxygen atoms in total. The summed E-state index contributed by atoms with van der Waals surface area (Å²) in [6, 6.07) is 8.78. The molecule has 1 aromatic carbocycles. The second-order valence-corrected chi connectivity index (χ2v) is 5.29. The van der Waals surface area contributed by atoms with Crippen molar-refractivity contribution in [2.75, 3.05) is 0 Å². The fourth-order valence-corrected chi connectivity index (χ4v) is 2.37. The number of hydrogen-bond acceptors (Lipinski definition) is 2. The predicted molar refractivity (Wildman–Crippen MR) is 70.6 cm³/mol. The summed E-state index contributed by atoms with van der Waals surface area (Å²) >= 11 is 0. The average Bonchev–Trinajstić information content (AvgIpc) is 2.32. The lowest BCUT2D eigenvalue weighted by Gasteiger charge is -2.28. The molecular weight excluding hydrogens is 210 g/mol. The molecule has 0 spiro atoms. The van der Waals surface area contributed by atoms with Crippen LogP contribution in [0.15, 0.2) is 24.3 Å². The predicted octanol–water partition coefficient (Wildman–Crippen LogP) is 2.85. The SMILES string of the molecule is CC(CC1CCC1)NCc1ccc(CO)cc1. The van der Waals surface area contributed by atoms with Crippen LogP contribution in [0.25, 0.3) is 0 Å². The molecule has 0 radical (unpaired) electrons. The van der Waals surface area contributed by atoms with E-state index in [-0.39, 0.29) is 6.61 Å². The van der Waals surface area contributed by atoms with E-state index in [1.54, 1.807) is 0 Å². The van der Waals surface area contributed by atoms with Gasteiger partial charge in [0, 0.05) is 12.6 Å². The van der Waals surface area contributed by atoms with E-state index >= 15 is 0 Å². The first-order valence-electron chi connectivity index (χ1n) is 6.70. The van der Waals surface area contributed by atoms with E-state index in [1.165, 1.54) is 31.2 Å². The first-order chi connectivity index (χ1) is 8.28. The normalized spacial score (nSPS) is 17.8. The van der Waals surface area contributed by atoms with Crippen LogP contribution in [0.3, 0.4) is 0 Å². The summed E-state index contributed by atoms with van der Waals surface area (Å²) in [7, 11) is 0. The number of benzene rings is 1. The first kappa shape index (κ1) is 12.6. The topological polar surface area (TPSA) is 32.3 Å². The summed E-state index contributed by atoms with van der Waals surface area (Å²) in [5.41, 5.74) is 2.28. The van der Waals surface area contributed by atoms with E-state index < -0.39 is 0 Å². The van der Waals surface area contributed by atoms with Gasteiger partial charge in [-0.1, -0.05) is 43.5 Å². The van der Waals surface area contributed by atoms with Gasteiger partial charge in [-0.05, 0) is 30.4 Å². The van der Waals surface area contributed by atoms with Gasteiger partial charge in [0.05, 0.1) is 6.61 Å². The van der Waals surface area contributed by atoms with Crippen LogP contribution in [0.5, 0.6) is 0 Å². The van der Waals surface area contributed by atoms with Gasteiger partial charge in [0.15, 0.2) is 0 Å². The maximum atomic E-state index is 8.96. The molecule has 1 saturated carbocycles. The molecular formula is C15H23NO. The van der Waals surface area contributed by atoms with Crippen LogP contribution in [-0.4, -0.2) is 11.1 Å². The fraction of sp³-hybridized carbons (Fsp3) is 0.600. The van der Waals surface area contributed by atoms with E-state index in [0.29, 0.717) is 6.04 Å². The highest BCUT2D eigenvalue weighted by Gasteiger charge is 2.19. The molecule has 0 aromatic heterocycles. The Morgan fingerprint density at radius 2 is 1.88 bits per heavy atom. The van der Waals surface area contributed by atoms with Crippen molar-refractivity contribution >= 4 is 0 Å². The van der Waals surface area contributed by atoms with Crippen LogP contribution in [0.2, 0.25) is 0 Å². The highest BCUT2D eigenvalue weighted by Crippen LogP contribution is 2.30. The minimum absolute atomic E-state index is 0.131. The van der Waals surface area contributed by atoms with Crippen molar-refractivity contribution in [2.24, 2.45) is 5.92 Å². The Morgan fingerprint density at radius 1 is 1.24 bits per heavy atom. The van der Waals surface area contributed by atoms with Gasteiger partial charge in [0.2, 0.25) is 0 Å². The molecule has 1 aliphatic rings. The summed E-state index contributed by atoms with van der Waals surface area (Å²) in [5, 5.41) is 12.5. The van der Waals surface area contributed by atoms with Crippen LogP contribution in [0, 0.1) is 5.92 Å². The lowest BCUT2D eigenvalue weighted by Crippen LogP contribution is -2.29. The molecule has 0 saturated heterocycles. The van der Waals surface area contributed by atoms with Crippen LogP contribution >= 0.6 is 0 Å². The van der Waals surface area contributed by atoms with Crippen LogP contribution in [-0.2, 0) is 13.2 Å². The molecule has 1 aliphatic carbocycles. The molecule has 2 N–H and O–H groups in total. The molecule has 0 heterocycles. The number of nitrogens with one attached hydrogen (secondary N) is 1. The van der Waals surface area contributed by atoms with Gasteiger partial charge in [-0.3, -0.25) is 0 Å². The number of aliphatic hydroxyl groups excluding tert-OH is 1. The van der Waals surface area contributed by atoms with Crippen molar-refractivity contribution < 1.29 is 5.11 Å². The second-order valence-electron chi connectivity index (χ2n) is 5.29. The quantitative estimate of drug-likeness (QED) is 0.792. The van der Waals surface area contributed by atoms with Crippen molar-refractivity contribution in [3.05, 3.63) is 35.4 Å². The van der Waals surface area contributed by atoms with Crippen LogP contribution in [0.1, 0.15) is 43.7 Å². The summed E-state index contributed by atoms with van der Waals surface area (Å²) in [6.45, 7) is 3.34. The van der Waals surface area contributed by atoms with Gasteiger partial charge in [-0.15, -0.1) is 0 Å². The zero-order valence-corrected chi connectivity index (χ0v) is 10.7. The number of hydrogen-bond donors (Lipinski definition) is 2. The third-order valence-electron chi connectivity index (χ3n) is 3.77. The molecule has 1 aromatic rings. The van der Waals surface area contributed by atoms with Gasteiger partial charge >= 0.3 is 0 Å². The molecule has 2 rings (SSSR count). The minimum atomic E-state index is 0.131. The fourth-order valence-electron chi connectivity index (χ4n) is 2.37. The molecule has 2 heteroatoms. The first-order valence-corrected chi connectivity index (χ1v) is 6.70. The van der Waals surface area contributed by atoms with Crippen molar-refractivity contribution in [3.8, 4) is 0 Å². The van der Waals surface area contributed by atoms with Gasteiger partial charge in [-0.2, -0.15) is 0 Å².